The smallest absolute Gasteiger partial charge is 0.0539 e. The largest absolute Gasteiger partial charge is 0.325 e. The lowest BCUT2D eigenvalue weighted by molar-refractivity contribution is 0.984. The van der Waals surface area contributed by atoms with Crippen molar-refractivity contribution < 1.29 is 0 Å². The molecule has 0 unspecified atom stereocenters. The molecule has 0 spiro atoms. The predicted molar refractivity (Wildman–Crippen MR) is 44.8 cm³/mol. The normalized spacial score (nSPS) is 9.80. The van der Waals surface area contributed by atoms with Crippen molar-refractivity contribution >= 4 is 15.9 Å². The van der Waals surface area contributed by atoms with Gasteiger partial charge in [0.2, 0.25) is 0 Å². The maximum absolute atomic E-state index is 5.37. The van der Waals surface area contributed by atoms with Gasteiger partial charge in [0, 0.05) is 18.1 Å². The second-order valence-corrected chi connectivity index (χ2v) is 2.56. The minimum absolute atomic E-state index is 0.516. The van der Waals surface area contributed by atoms with E-state index in [1.165, 1.54) is 5.56 Å². The van der Waals surface area contributed by atoms with E-state index in [9.17, 15) is 0 Å². The van der Waals surface area contributed by atoms with Gasteiger partial charge in [0.05, 0.1) is 5.69 Å². The summed E-state index contributed by atoms with van der Waals surface area (Å²) < 4.78 is 0. The van der Waals surface area contributed by atoms with Crippen LogP contribution in [-0.4, -0.2) is 4.98 Å². The van der Waals surface area contributed by atoms with Crippen LogP contribution in [0.2, 0.25) is 0 Å². The third kappa shape index (κ3) is 1.78. The molecule has 2 N–H and O–H groups in total. The molecule has 0 fully saturated rings. The van der Waals surface area contributed by atoms with Crippen molar-refractivity contribution in [1.82, 2.24) is 4.98 Å². The Kier molecular flexibility index (Phi) is 2.83. The third-order valence-electron chi connectivity index (χ3n) is 1.25. The molecule has 0 aliphatic rings. The molecule has 10 heavy (non-hydrogen) atoms. The van der Waals surface area contributed by atoms with Crippen LogP contribution in [0.1, 0.15) is 11.3 Å². The highest BCUT2D eigenvalue weighted by molar-refractivity contribution is 9.08. The summed E-state index contributed by atoms with van der Waals surface area (Å²) in [5.41, 5.74) is 7.48. The fourth-order valence-corrected chi connectivity index (χ4v) is 0.987. The number of rotatable bonds is 2. The van der Waals surface area contributed by atoms with E-state index < -0.39 is 0 Å². The molecular weight excluding hydrogens is 192 g/mol. The molecule has 2 nitrogen and oxygen atoms in total. The number of nitrogens with zero attached hydrogens (tertiary/aromatic N) is 1. The molecule has 0 aliphatic carbocycles. The number of halogens is 1. The fraction of sp³-hybridized carbons (Fsp3) is 0.286. The lowest BCUT2D eigenvalue weighted by Crippen LogP contribution is -1.98. The van der Waals surface area contributed by atoms with Crippen LogP contribution in [0.4, 0.5) is 0 Å². The van der Waals surface area contributed by atoms with Crippen LogP contribution in [0.15, 0.2) is 18.3 Å². The monoisotopic (exact) mass is 200 g/mol. The number of hydrogen-bond donors (Lipinski definition) is 1. The summed E-state index contributed by atoms with van der Waals surface area (Å²) in [6.07, 6.45) is 1.83. The summed E-state index contributed by atoms with van der Waals surface area (Å²) in [4.78, 5) is 4.11. The zero-order valence-electron chi connectivity index (χ0n) is 5.55. The van der Waals surface area contributed by atoms with Crippen molar-refractivity contribution in [3.05, 3.63) is 29.6 Å². The molecule has 0 saturated carbocycles. The molecule has 54 valence electrons. The van der Waals surface area contributed by atoms with Crippen LogP contribution < -0.4 is 5.73 Å². The minimum Gasteiger partial charge on any atom is -0.325 e. The van der Waals surface area contributed by atoms with E-state index in [1.807, 2.05) is 18.3 Å². The summed E-state index contributed by atoms with van der Waals surface area (Å²) in [6, 6.07) is 3.96. The molecular formula is C7H9BrN2. The van der Waals surface area contributed by atoms with E-state index in [4.69, 9.17) is 5.73 Å². The Morgan fingerprint density at radius 3 is 2.70 bits per heavy atom. The molecule has 0 aliphatic heterocycles. The van der Waals surface area contributed by atoms with Gasteiger partial charge in [-0.15, -0.1) is 0 Å². The lowest BCUT2D eigenvalue weighted by Gasteiger charge is -1.95. The first-order chi connectivity index (χ1) is 4.86. The molecule has 0 radical (unpaired) electrons. The first kappa shape index (κ1) is 7.69. The second kappa shape index (κ2) is 3.68. The quantitative estimate of drug-likeness (QED) is 0.735. The second-order valence-electron chi connectivity index (χ2n) is 2.00. The Labute approximate surface area is 68.6 Å². The van der Waals surface area contributed by atoms with Crippen molar-refractivity contribution in [1.29, 1.82) is 0 Å². The van der Waals surface area contributed by atoms with E-state index in [2.05, 4.69) is 20.9 Å². The van der Waals surface area contributed by atoms with E-state index in [1.54, 1.807) is 0 Å². The third-order valence-corrected chi connectivity index (χ3v) is 1.90. The van der Waals surface area contributed by atoms with E-state index in [0.717, 1.165) is 11.0 Å². The Morgan fingerprint density at radius 2 is 2.30 bits per heavy atom. The summed E-state index contributed by atoms with van der Waals surface area (Å²) in [6.45, 7) is 0.516. The fourth-order valence-electron chi connectivity index (χ4n) is 0.655. The zero-order chi connectivity index (χ0) is 7.40. The van der Waals surface area contributed by atoms with E-state index in [0.29, 0.717) is 6.54 Å². The van der Waals surface area contributed by atoms with Gasteiger partial charge in [-0.05, 0) is 11.6 Å². The molecule has 1 aromatic rings. The SMILES string of the molecule is NCc1ccc(CBr)cn1. The predicted octanol–water partition coefficient (Wildman–Crippen LogP) is 1.44. The molecule has 1 aromatic heterocycles. The summed E-state index contributed by atoms with van der Waals surface area (Å²) >= 11 is 3.33. The van der Waals surface area contributed by atoms with Gasteiger partial charge in [-0.2, -0.15) is 0 Å². The Morgan fingerprint density at radius 1 is 1.50 bits per heavy atom. The van der Waals surface area contributed by atoms with E-state index >= 15 is 0 Å². The number of nitrogens with two attached hydrogens (primary N) is 1. The molecule has 0 bridgehead atoms. The number of alkyl halides is 1. The Bertz CT molecular complexity index is 172. The highest BCUT2D eigenvalue weighted by Crippen LogP contribution is 2.03. The molecule has 1 rings (SSSR count). The summed E-state index contributed by atoms with van der Waals surface area (Å²) in [7, 11) is 0. The molecule has 0 atom stereocenters. The maximum Gasteiger partial charge on any atom is 0.0539 e. The van der Waals surface area contributed by atoms with Gasteiger partial charge >= 0.3 is 0 Å². The van der Waals surface area contributed by atoms with Gasteiger partial charge in [0.25, 0.3) is 0 Å². The molecule has 3 heteroatoms. The van der Waals surface area contributed by atoms with Crippen molar-refractivity contribution in [2.75, 3.05) is 0 Å². The highest BCUT2D eigenvalue weighted by Gasteiger charge is 1.90. The summed E-state index contributed by atoms with van der Waals surface area (Å²) in [5, 5.41) is 0.852. The van der Waals surface area contributed by atoms with E-state index in [-0.39, 0.29) is 0 Å². The minimum atomic E-state index is 0.516. The number of hydrogen-bond acceptors (Lipinski definition) is 2. The van der Waals surface area contributed by atoms with Gasteiger partial charge in [-0.1, -0.05) is 22.0 Å². The molecule has 0 saturated heterocycles. The van der Waals surface area contributed by atoms with Gasteiger partial charge in [-0.3, -0.25) is 4.98 Å². The number of pyridine rings is 1. The van der Waals surface area contributed by atoms with Crippen LogP contribution in [0.5, 0.6) is 0 Å². The standard InChI is InChI=1S/C7H9BrN2/c8-3-6-1-2-7(4-9)10-5-6/h1-2,5H,3-4,9H2. The van der Waals surface area contributed by atoms with Crippen molar-refractivity contribution in [2.24, 2.45) is 5.73 Å². The van der Waals surface area contributed by atoms with Gasteiger partial charge in [0.1, 0.15) is 0 Å². The topological polar surface area (TPSA) is 38.9 Å². The first-order valence-electron chi connectivity index (χ1n) is 3.06. The zero-order valence-corrected chi connectivity index (χ0v) is 7.13. The average Bonchev–Trinajstić information content (AvgIpc) is 2.05. The van der Waals surface area contributed by atoms with Gasteiger partial charge in [-0.25, -0.2) is 0 Å². The van der Waals surface area contributed by atoms with Crippen LogP contribution >= 0.6 is 15.9 Å². The van der Waals surface area contributed by atoms with Gasteiger partial charge < -0.3 is 5.73 Å². The Hall–Kier alpha value is -0.410. The van der Waals surface area contributed by atoms with Crippen LogP contribution in [0, 0.1) is 0 Å². The van der Waals surface area contributed by atoms with Crippen molar-refractivity contribution in [2.45, 2.75) is 11.9 Å². The van der Waals surface area contributed by atoms with Crippen LogP contribution in [0.25, 0.3) is 0 Å². The van der Waals surface area contributed by atoms with Crippen molar-refractivity contribution in [3.63, 3.8) is 0 Å². The van der Waals surface area contributed by atoms with Crippen LogP contribution in [0.3, 0.4) is 0 Å². The average molecular weight is 201 g/mol. The van der Waals surface area contributed by atoms with Crippen LogP contribution in [-0.2, 0) is 11.9 Å². The lowest BCUT2D eigenvalue weighted by atomic mass is 10.3. The first-order valence-corrected chi connectivity index (χ1v) is 4.19. The Balaban J connectivity index is 2.80. The van der Waals surface area contributed by atoms with Gasteiger partial charge in [0.15, 0.2) is 0 Å². The summed E-state index contributed by atoms with van der Waals surface area (Å²) in [5.74, 6) is 0. The maximum atomic E-state index is 5.37. The molecule has 0 amide bonds. The number of aromatic nitrogens is 1. The van der Waals surface area contributed by atoms with Crippen molar-refractivity contribution in [3.8, 4) is 0 Å². The highest BCUT2D eigenvalue weighted by atomic mass is 79.9. The molecule has 0 aromatic carbocycles. The molecule has 1 heterocycles.